The van der Waals surface area contributed by atoms with Gasteiger partial charge in [0.2, 0.25) is 0 Å². The largest absolute Gasteiger partial charge is 0.476 e. The highest BCUT2D eigenvalue weighted by Gasteiger charge is 2.29. The van der Waals surface area contributed by atoms with Crippen molar-refractivity contribution in [3.63, 3.8) is 0 Å². The SMILES string of the molecule is CC(C)C[C@H](N)C(=O)O[C@H](C)[C@H](N)C(=O)Oc1cccnc1C(=O)O. The summed E-state index contributed by atoms with van der Waals surface area (Å²) in [6, 6.07) is 0.560. The molecular formula is C16H23N3O6. The van der Waals surface area contributed by atoms with Crippen molar-refractivity contribution in [2.24, 2.45) is 17.4 Å². The molecule has 0 aliphatic heterocycles. The van der Waals surface area contributed by atoms with Crippen molar-refractivity contribution in [2.45, 2.75) is 45.4 Å². The van der Waals surface area contributed by atoms with E-state index in [9.17, 15) is 14.4 Å². The third-order valence-corrected chi connectivity index (χ3v) is 3.29. The van der Waals surface area contributed by atoms with Crippen molar-refractivity contribution in [3.8, 4) is 5.75 Å². The van der Waals surface area contributed by atoms with E-state index < -0.39 is 41.8 Å². The summed E-state index contributed by atoms with van der Waals surface area (Å²) in [5.41, 5.74) is 11.0. The molecule has 5 N–H and O–H groups in total. The molecule has 25 heavy (non-hydrogen) atoms. The van der Waals surface area contributed by atoms with E-state index in [1.54, 1.807) is 0 Å². The molecule has 9 nitrogen and oxygen atoms in total. The van der Waals surface area contributed by atoms with Gasteiger partial charge < -0.3 is 26.0 Å². The molecule has 9 heteroatoms. The Balaban J connectivity index is 2.70. The fourth-order valence-electron chi connectivity index (χ4n) is 1.95. The van der Waals surface area contributed by atoms with Crippen LogP contribution in [0.15, 0.2) is 18.3 Å². The van der Waals surface area contributed by atoms with Crippen molar-refractivity contribution in [3.05, 3.63) is 24.0 Å². The molecule has 1 aromatic heterocycles. The molecule has 0 fully saturated rings. The third-order valence-electron chi connectivity index (χ3n) is 3.29. The van der Waals surface area contributed by atoms with Gasteiger partial charge in [-0.05, 0) is 31.4 Å². The number of hydrogen-bond acceptors (Lipinski definition) is 8. The molecule has 1 rings (SSSR count). The van der Waals surface area contributed by atoms with E-state index in [1.807, 2.05) is 13.8 Å². The zero-order valence-electron chi connectivity index (χ0n) is 14.3. The molecule has 0 aliphatic rings. The van der Waals surface area contributed by atoms with Gasteiger partial charge in [0.1, 0.15) is 18.2 Å². The summed E-state index contributed by atoms with van der Waals surface area (Å²) in [4.78, 5) is 38.6. The highest BCUT2D eigenvalue weighted by molar-refractivity contribution is 5.90. The van der Waals surface area contributed by atoms with Crippen LogP contribution in [0.3, 0.4) is 0 Å². The van der Waals surface area contributed by atoms with Crippen molar-refractivity contribution >= 4 is 17.9 Å². The minimum absolute atomic E-state index is 0.205. The molecule has 0 bridgehead atoms. The van der Waals surface area contributed by atoms with Gasteiger partial charge in [-0.2, -0.15) is 0 Å². The summed E-state index contributed by atoms with van der Waals surface area (Å²) in [7, 11) is 0. The molecule has 0 amide bonds. The number of carbonyl (C=O) groups is 3. The molecule has 138 valence electrons. The van der Waals surface area contributed by atoms with Gasteiger partial charge in [0.15, 0.2) is 11.4 Å². The lowest BCUT2D eigenvalue weighted by atomic mass is 10.0. The number of nitrogens with two attached hydrogens (primary N) is 2. The van der Waals surface area contributed by atoms with Crippen LogP contribution in [-0.2, 0) is 14.3 Å². The smallest absolute Gasteiger partial charge is 0.358 e. The Morgan fingerprint density at radius 2 is 1.84 bits per heavy atom. The number of carbonyl (C=O) groups excluding carboxylic acids is 2. The van der Waals surface area contributed by atoms with Gasteiger partial charge in [0.25, 0.3) is 0 Å². The zero-order valence-corrected chi connectivity index (χ0v) is 14.3. The Kier molecular flexibility index (Phi) is 7.46. The van der Waals surface area contributed by atoms with Crippen LogP contribution in [0.4, 0.5) is 0 Å². The van der Waals surface area contributed by atoms with E-state index in [2.05, 4.69) is 4.98 Å². The van der Waals surface area contributed by atoms with Gasteiger partial charge in [-0.25, -0.2) is 14.6 Å². The van der Waals surface area contributed by atoms with Crippen molar-refractivity contribution < 1.29 is 29.0 Å². The molecule has 0 aliphatic carbocycles. The number of carboxylic acids is 1. The molecule has 0 spiro atoms. The lowest BCUT2D eigenvalue weighted by Crippen LogP contribution is -2.47. The summed E-state index contributed by atoms with van der Waals surface area (Å²) < 4.78 is 10.1. The Morgan fingerprint density at radius 3 is 2.40 bits per heavy atom. The number of nitrogens with zero attached hydrogens (tertiary/aromatic N) is 1. The van der Waals surface area contributed by atoms with Crippen LogP contribution in [0.25, 0.3) is 0 Å². The van der Waals surface area contributed by atoms with Crippen LogP contribution in [-0.4, -0.2) is 46.2 Å². The molecule has 3 atom stereocenters. The van der Waals surface area contributed by atoms with Crippen LogP contribution < -0.4 is 16.2 Å². The van der Waals surface area contributed by atoms with Crippen molar-refractivity contribution in [1.29, 1.82) is 0 Å². The van der Waals surface area contributed by atoms with E-state index >= 15 is 0 Å². The summed E-state index contributed by atoms with van der Waals surface area (Å²) in [5.74, 6) is -3.01. The van der Waals surface area contributed by atoms with Crippen LogP contribution in [0.5, 0.6) is 5.75 Å². The predicted molar refractivity (Wildman–Crippen MR) is 87.8 cm³/mol. The standard InChI is InChI=1S/C16H23N3O6/c1-8(2)7-10(17)15(22)24-9(3)12(18)16(23)25-11-5-4-6-19-13(11)14(20)21/h4-6,8-10,12H,7,17-18H2,1-3H3,(H,20,21)/t9-,10+,12+/m1/s1. The van der Waals surface area contributed by atoms with E-state index in [0.717, 1.165) is 0 Å². The maximum Gasteiger partial charge on any atom is 0.358 e. The topological polar surface area (TPSA) is 155 Å². The van der Waals surface area contributed by atoms with Gasteiger partial charge >= 0.3 is 17.9 Å². The highest BCUT2D eigenvalue weighted by atomic mass is 16.6. The number of esters is 2. The van der Waals surface area contributed by atoms with Crippen LogP contribution in [0.2, 0.25) is 0 Å². The number of pyridine rings is 1. The summed E-state index contributed by atoms with van der Waals surface area (Å²) >= 11 is 0. The Bertz CT molecular complexity index is 634. The zero-order chi connectivity index (χ0) is 19.1. The van der Waals surface area contributed by atoms with Crippen LogP contribution in [0, 0.1) is 5.92 Å². The van der Waals surface area contributed by atoms with E-state index in [1.165, 1.54) is 25.3 Å². The molecule has 0 unspecified atom stereocenters. The van der Waals surface area contributed by atoms with E-state index in [0.29, 0.717) is 6.42 Å². The number of hydrogen-bond donors (Lipinski definition) is 3. The number of ether oxygens (including phenoxy) is 2. The first-order chi connectivity index (χ1) is 11.6. The quantitative estimate of drug-likeness (QED) is 0.560. The second-order valence-corrected chi connectivity index (χ2v) is 5.98. The molecule has 0 aromatic carbocycles. The summed E-state index contributed by atoms with van der Waals surface area (Å²) in [6.07, 6.45) is 0.688. The number of carboxylic acid groups (broad SMARTS) is 1. The van der Waals surface area contributed by atoms with Crippen LogP contribution >= 0.6 is 0 Å². The maximum atomic E-state index is 12.1. The number of aromatic carboxylic acids is 1. The van der Waals surface area contributed by atoms with Crippen molar-refractivity contribution in [2.75, 3.05) is 0 Å². The minimum atomic E-state index is -1.35. The van der Waals surface area contributed by atoms with Crippen molar-refractivity contribution in [1.82, 2.24) is 4.98 Å². The average molecular weight is 353 g/mol. The Morgan fingerprint density at radius 1 is 1.20 bits per heavy atom. The summed E-state index contributed by atoms with van der Waals surface area (Å²) in [5, 5.41) is 9.01. The fourth-order valence-corrected chi connectivity index (χ4v) is 1.95. The molecular weight excluding hydrogens is 330 g/mol. The molecule has 1 heterocycles. The first kappa shape index (κ1) is 20.5. The number of rotatable bonds is 8. The minimum Gasteiger partial charge on any atom is -0.476 e. The second-order valence-electron chi connectivity index (χ2n) is 5.98. The molecule has 0 radical (unpaired) electrons. The fraction of sp³-hybridized carbons (Fsp3) is 0.500. The third kappa shape index (κ3) is 6.12. The van der Waals surface area contributed by atoms with E-state index in [-0.39, 0.29) is 11.7 Å². The highest BCUT2D eigenvalue weighted by Crippen LogP contribution is 2.16. The van der Waals surface area contributed by atoms with Crippen LogP contribution in [0.1, 0.15) is 37.7 Å². The van der Waals surface area contributed by atoms with E-state index in [4.69, 9.17) is 26.0 Å². The average Bonchev–Trinajstić information content (AvgIpc) is 2.53. The monoisotopic (exact) mass is 353 g/mol. The van der Waals surface area contributed by atoms with Gasteiger partial charge in [0, 0.05) is 6.20 Å². The molecule has 0 saturated carbocycles. The molecule has 0 saturated heterocycles. The molecule has 1 aromatic rings. The predicted octanol–water partition coefficient (Wildman–Crippen LogP) is 0.318. The van der Waals surface area contributed by atoms with Gasteiger partial charge in [0.05, 0.1) is 0 Å². The maximum absolute atomic E-state index is 12.1. The van der Waals surface area contributed by atoms with Gasteiger partial charge in [-0.1, -0.05) is 13.8 Å². The summed E-state index contributed by atoms with van der Waals surface area (Å²) in [6.45, 7) is 5.24. The Hall–Kier alpha value is -2.52. The first-order valence-electron chi connectivity index (χ1n) is 7.75. The normalized spacial score (nSPS) is 14.5. The lowest BCUT2D eigenvalue weighted by molar-refractivity contribution is -0.154. The Labute approximate surface area is 145 Å². The lowest BCUT2D eigenvalue weighted by Gasteiger charge is -2.21. The first-order valence-corrected chi connectivity index (χ1v) is 7.75. The second kappa shape index (κ2) is 9.09. The van der Waals surface area contributed by atoms with Gasteiger partial charge in [-0.3, -0.25) is 4.79 Å². The van der Waals surface area contributed by atoms with Gasteiger partial charge in [-0.15, -0.1) is 0 Å². The number of aromatic nitrogens is 1.